The summed E-state index contributed by atoms with van der Waals surface area (Å²) < 4.78 is 11.0. The van der Waals surface area contributed by atoms with E-state index < -0.39 is 0 Å². The molecule has 5 heteroatoms. The summed E-state index contributed by atoms with van der Waals surface area (Å²) in [6.07, 6.45) is 0. The van der Waals surface area contributed by atoms with Crippen LogP contribution in [0.4, 0.5) is 0 Å². The van der Waals surface area contributed by atoms with Crippen LogP contribution < -0.4 is 4.74 Å². The molecule has 0 aliphatic carbocycles. The standard InChI is InChI=1S/C16H12BrNO3/c1-20-10-4-5-11-14(8-10)18-13-6-3-9(17)7-12(13)15(11)16(19)21-2/h3-8H,1-2H3. The predicted octanol–water partition coefficient (Wildman–Crippen LogP) is 3.95. The predicted molar refractivity (Wildman–Crippen MR) is 84.8 cm³/mol. The second-order valence-electron chi connectivity index (χ2n) is 4.52. The number of pyridine rings is 1. The van der Waals surface area contributed by atoms with Gasteiger partial charge in [0.15, 0.2) is 0 Å². The highest BCUT2D eigenvalue weighted by atomic mass is 79.9. The van der Waals surface area contributed by atoms with E-state index in [1.165, 1.54) is 7.11 Å². The van der Waals surface area contributed by atoms with E-state index in [2.05, 4.69) is 20.9 Å². The zero-order chi connectivity index (χ0) is 15.0. The summed E-state index contributed by atoms with van der Waals surface area (Å²) in [5.74, 6) is 0.318. The zero-order valence-corrected chi connectivity index (χ0v) is 13.1. The van der Waals surface area contributed by atoms with Gasteiger partial charge >= 0.3 is 5.97 Å². The fourth-order valence-electron chi connectivity index (χ4n) is 2.35. The summed E-state index contributed by atoms with van der Waals surface area (Å²) in [6.45, 7) is 0. The van der Waals surface area contributed by atoms with Crippen LogP contribution in [0.2, 0.25) is 0 Å². The van der Waals surface area contributed by atoms with Crippen LogP contribution in [0.25, 0.3) is 21.8 Å². The lowest BCUT2D eigenvalue weighted by molar-refractivity contribution is 0.0605. The summed E-state index contributed by atoms with van der Waals surface area (Å²) in [7, 11) is 2.97. The number of halogens is 1. The average molecular weight is 346 g/mol. The quantitative estimate of drug-likeness (QED) is 0.521. The average Bonchev–Trinajstić information content (AvgIpc) is 2.51. The first-order valence-corrected chi connectivity index (χ1v) is 7.08. The summed E-state index contributed by atoms with van der Waals surface area (Å²) in [5, 5.41) is 1.50. The normalized spacial score (nSPS) is 10.8. The number of fused-ring (bicyclic) bond motifs is 2. The van der Waals surface area contributed by atoms with E-state index in [4.69, 9.17) is 9.47 Å². The second kappa shape index (κ2) is 5.33. The first-order chi connectivity index (χ1) is 10.1. The van der Waals surface area contributed by atoms with Crippen molar-refractivity contribution in [3.63, 3.8) is 0 Å². The Morgan fingerprint density at radius 1 is 1.05 bits per heavy atom. The fraction of sp³-hybridized carbons (Fsp3) is 0.125. The molecule has 0 N–H and O–H groups in total. The van der Waals surface area contributed by atoms with Gasteiger partial charge in [0, 0.05) is 21.3 Å². The lowest BCUT2D eigenvalue weighted by Crippen LogP contribution is -2.04. The number of rotatable bonds is 2. The molecule has 21 heavy (non-hydrogen) atoms. The third-order valence-electron chi connectivity index (χ3n) is 3.33. The number of carbonyl (C=O) groups excluding carboxylic acids is 1. The molecule has 0 unspecified atom stereocenters. The molecule has 3 aromatic rings. The van der Waals surface area contributed by atoms with Crippen molar-refractivity contribution in [2.75, 3.05) is 14.2 Å². The Morgan fingerprint density at radius 3 is 2.57 bits per heavy atom. The Morgan fingerprint density at radius 2 is 1.86 bits per heavy atom. The molecule has 1 heterocycles. The van der Waals surface area contributed by atoms with Crippen LogP contribution in [-0.2, 0) is 4.74 Å². The number of benzene rings is 2. The maximum Gasteiger partial charge on any atom is 0.339 e. The largest absolute Gasteiger partial charge is 0.497 e. The lowest BCUT2D eigenvalue weighted by Gasteiger charge is -2.10. The Kier molecular flexibility index (Phi) is 3.51. The van der Waals surface area contributed by atoms with Gasteiger partial charge in [0.1, 0.15) is 5.75 Å². The SMILES string of the molecule is COC(=O)c1c2ccc(OC)cc2nc2ccc(Br)cc12. The highest BCUT2D eigenvalue weighted by Gasteiger charge is 2.17. The van der Waals surface area contributed by atoms with E-state index in [-0.39, 0.29) is 5.97 Å². The molecule has 0 atom stereocenters. The van der Waals surface area contributed by atoms with Gasteiger partial charge in [-0.15, -0.1) is 0 Å². The van der Waals surface area contributed by atoms with Gasteiger partial charge in [-0.1, -0.05) is 15.9 Å². The van der Waals surface area contributed by atoms with Crippen LogP contribution in [0.1, 0.15) is 10.4 Å². The van der Waals surface area contributed by atoms with Crippen molar-refractivity contribution in [1.29, 1.82) is 0 Å². The Labute approximate surface area is 129 Å². The molecule has 106 valence electrons. The van der Waals surface area contributed by atoms with E-state index in [9.17, 15) is 4.79 Å². The Hall–Kier alpha value is -2.14. The van der Waals surface area contributed by atoms with Gasteiger partial charge < -0.3 is 9.47 Å². The third kappa shape index (κ3) is 2.34. The van der Waals surface area contributed by atoms with Crippen LogP contribution in [-0.4, -0.2) is 25.2 Å². The number of methoxy groups -OCH3 is 2. The molecule has 0 fully saturated rings. The molecule has 4 nitrogen and oxygen atoms in total. The fourth-order valence-corrected chi connectivity index (χ4v) is 2.71. The number of carbonyl (C=O) groups is 1. The van der Waals surface area contributed by atoms with Crippen molar-refractivity contribution >= 4 is 43.7 Å². The summed E-state index contributed by atoms with van der Waals surface area (Å²) in [6, 6.07) is 11.1. The number of aromatic nitrogens is 1. The van der Waals surface area contributed by atoms with E-state index in [1.807, 2.05) is 30.3 Å². The van der Waals surface area contributed by atoms with Gasteiger partial charge in [-0.25, -0.2) is 9.78 Å². The molecule has 0 spiro atoms. The van der Waals surface area contributed by atoms with Gasteiger partial charge in [-0.2, -0.15) is 0 Å². The van der Waals surface area contributed by atoms with Gasteiger partial charge in [-0.3, -0.25) is 0 Å². The molecule has 0 aliphatic heterocycles. The number of ether oxygens (including phenoxy) is 2. The molecule has 3 rings (SSSR count). The first kappa shape index (κ1) is 13.8. The minimum absolute atomic E-state index is 0.379. The maximum absolute atomic E-state index is 12.2. The molecule has 0 aliphatic rings. The van der Waals surface area contributed by atoms with Gasteiger partial charge in [-0.05, 0) is 30.3 Å². The van der Waals surface area contributed by atoms with E-state index >= 15 is 0 Å². The van der Waals surface area contributed by atoms with Crippen molar-refractivity contribution in [1.82, 2.24) is 4.98 Å². The maximum atomic E-state index is 12.2. The van der Waals surface area contributed by atoms with E-state index in [1.54, 1.807) is 13.2 Å². The van der Waals surface area contributed by atoms with Crippen molar-refractivity contribution in [3.8, 4) is 5.75 Å². The monoisotopic (exact) mass is 345 g/mol. The van der Waals surface area contributed by atoms with Crippen molar-refractivity contribution < 1.29 is 14.3 Å². The van der Waals surface area contributed by atoms with E-state index in [0.29, 0.717) is 16.8 Å². The summed E-state index contributed by atoms with van der Waals surface area (Å²) in [4.78, 5) is 16.8. The second-order valence-corrected chi connectivity index (χ2v) is 5.44. The highest BCUT2D eigenvalue weighted by molar-refractivity contribution is 9.10. The van der Waals surface area contributed by atoms with Crippen molar-refractivity contribution in [2.45, 2.75) is 0 Å². The molecule has 0 bridgehead atoms. The van der Waals surface area contributed by atoms with Crippen molar-refractivity contribution in [3.05, 3.63) is 46.4 Å². The van der Waals surface area contributed by atoms with Crippen molar-refractivity contribution in [2.24, 2.45) is 0 Å². The first-order valence-electron chi connectivity index (χ1n) is 6.29. The van der Waals surface area contributed by atoms with Crippen LogP contribution in [0.5, 0.6) is 5.75 Å². The third-order valence-corrected chi connectivity index (χ3v) is 3.83. The number of hydrogen-bond donors (Lipinski definition) is 0. The highest BCUT2D eigenvalue weighted by Crippen LogP contribution is 2.30. The van der Waals surface area contributed by atoms with Gasteiger partial charge in [0.2, 0.25) is 0 Å². The van der Waals surface area contributed by atoms with Gasteiger partial charge in [0.25, 0.3) is 0 Å². The topological polar surface area (TPSA) is 48.4 Å². The van der Waals surface area contributed by atoms with Gasteiger partial charge in [0.05, 0.1) is 30.8 Å². The minimum Gasteiger partial charge on any atom is -0.497 e. The number of hydrogen-bond acceptors (Lipinski definition) is 4. The summed E-state index contributed by atoms with van der Waals surface area (Å²) in [5.41, 5.74) is 1.95. The zero-order valence-electron chi connectivity index (χ0n) is 11.5. The van der Waals surface area contributed by atoms with Crippen LogP contribution in [0.15, 0.2) is 40.9 Å². The van der Waals surface area contributed by atoms with Crippen LogP contribution in [0.3, 0.4) is 0 Å². The molecule has 0 amide bonds. The molecule has 0 saturated heterocycles. The van der Waals surface area contributed by atoms with Crippen LogP contribution >= 0.6 is 15.9 Å². The summed E-state index contributed by atoms with van der Waals surface area (Å²) >= 11 is 3.42. The van der Waals surface area contributed by atoms with Crippen LogP contribution in [0, 0.1) is 0 Å². The molecular weight excluding hydrogens is 334 g/mol. The Bertz CT molecular complexity index is 861. The molecular formula is C16H12BrNO3. The molecule has 1 aromatic heterocycles. The number of nitrogens with zero attached hydrogens (tertiary/aromatic N) is 1. The molecule has 0 saturated carbocycles. The van der Waals surface area contributed by atoms with E-state index in [0.717, 1.165) is 20.8 Å². The minimum atomic E-state index is -0.379. The number of esters is 1. The Balaban J connectivity index is 2.47. The molecule has 0 radical (unpaired) electrons. The molecule has 2 aromatic carbocycles. The lowest BCUT2D eigenvalue weighted by atomic mass is 10.0. The smallest absolute Gasteiger partial charge is 0.339 e.